The standard InChI is InChI=1S/C28H54N2O3.ClH/c1-5-21-30-22-23-32-24-28(30,33-30)26(6-2)29-27(31)20-18-16-14-12-10-8-7-9-11-13-15-17-19-25(3)4;/h25-26H,5-24H2,1-4H3;1H. The second-order valence-electron chi connectivity index (χ2n) is 11.0. The van der Waals surface area contributed by atoms with Gasteiger partial charge in [-0.15, -0.1) is 9.48 Å². The summed E-state index contributed by atoms with van der Waals surface area (Å²) >= 11 is 0. The van der Waals surface area contributed by atoms with Crippen LogP contribution < -0.4 is 17.7 Å². The van der Waals surface area contributed by atoms with Gasteiger partial charge in [-0.05, 0) is 25.2 Å². The number of hydroxylamine groups is 3. The van der Waals surface area contributed by atoms with Crippen LogP contribution in [0, 0.1) is 5.92 Å². The second-order valence-corrected chi connectivity index (χ2v) is 11.0. The fourth-order valence-electron chi connectivity index (χ4n) is 5.65. The minimum atomic E-state index is -0.341. The minimum absolute atomic E-state index is 0. The SMILES string of the molecule is CCC[N+]12CCOCC1(C(CC)NC(=O)CCCCCCCCCCCCCCC(C)C)O2.[Cl-]. The van der Waals surface area contributed by atoms with Crippen molar-refractivity contribution in [1.29, 1.82) is 0 Å². The summed E-state index contributed by atoms with van der Waals surface area (Å²) in [5.74, 6) is 1.04. The Bertz CT molecular complexity index is 544. The number of morpholine rings is 1. The van der Waals surface area contributed by atoms with Gasteiger partial charge in [0.1, 0.15) is 25.7 Å². The molecule has 2 heterocycles. The Balaban J connectivity index is 0.00000578. The number of fused-ring (bicyclic) bond motifs is 1. The summed E-state index contributed by atoms with van der Waals surface area (Å²) in [6.07, 6.45) is 20.0. The number of amides is 1. The van der Waals surface area contributed by atoms with E-state index in [4.69, 9.17) is 9.57 Å². The summed E-state index contributed by atoms with van der Waals surface area (Å²) in [6.45, 7) is 12.3. The van der Waals surface area contributed by atoms with Gasteiger partial charge in [0.15, 0.2) is 0 Å². The number of ether oxygens (including phenoxy) is 1. The monoisotopic (exact) mass is 502 g/mol. The molecule has 2 aliphatic rings. The third kappa shape index (κ3) is 9.95. The maximum absolute atomic E-state index is 12.6. The highest BCUT2D eigenvalue weighted by Gasteiger charge is 2.78. The third-order valence-electron chi connectivity index (χ3n) is 7.70. The Morgan fingerprint density at radius 1 is 0.912 bits per heavy atom. The molecule has 2 aliphatic heterocycles. The number of quaternary nitrogens is 1. The number of halogens is 1. The van der Waals surface area contributed by atoms with Gasteiger partial charge < -0.3 is 22.5 Å². The number of carbonyl (C=O) groups is 1. The number of carbonyl (C=O) groups excluding carboxylic acids is 1. The lowest BCUT2D eigenvalue weighted by molar-refractivity contribution is -0.935. The van der Waals surface area contributed by atoms with Gasteiger partial charge in [-0.2, -0.15) is 0 Å². The van der Waals surface area contributed by atoms with Crippen LogP contribution in [0.4, 0.5) is 0 Å². The van der Waals surface area contributed by atoms with E-state index in [0.717, 1.165) is 44.9 Å². The van der Waals surface area contributed by atoms with Gasteiger partial charge in [0, 0.05) is 6.42 Å². The molecular weight excluding hydrogens is 448 g/mol. The summed E-state index contributed by atoms with van der Waals surface area (Å²) in [4.78, 5) is 18.9. The highest BCUT2D eigenvalue weighted by Crippen LogP contribution is 2.50. The number of hydrogen-bond acceptors (Lipinski definition) is 3. The first kappa shape index (κ1) is 31.7. The lowest BCUT2D eigenvalue weighted by Gasteiger charge is -2.28. The van der Waals surface area contributed by atoms with Crippen LogP contribution in [0.1, 0.15) is 130 Å². The van der Waals surface area contributed by atoms with Gasteiger partial charge in [0.2, 0.25) is 5.91 Å². The number of nitrogens with zero attached hydrogens (tertiary/aromatic N) is 1. The molecule has 0 radical (unpaired) electrons. The highest BCUT2D eigenvalue weighted by molar-refractivity contribution is 5.76. The number of unbranched alkanes of at least 4 members (excludes halogenated alkanes) is 11. The topological polar surface area (TPSA) is 50.9 Å². The number of nitrogens with one attached hydrogen (secondary N) is 1. The fourth-order valence-corrected chi connectivity index (χ4v) is 5.65. The van der Waals surface area contributed by atoms with Crippen molar-refractivity contribution in [2.75, 3.05) is 26.3 Å². The van der Waals surface area contributed by atoms with Crippen molar-refractivity contribution in [1.82, 2.24) is 5.32 Å². The van der Waals surface area contributed by atoms with Gasteiger partial charge in [-0.25, -0.2) is 0 Å². The number of hydrogen-bond donors (Lipinski definition) is 1. The molecule has 2 fully saturated rings. The molecule has 0 bridgehead atoms. The smallest absolute Gasteiger partial charge is 0.326 e. The first-order valence-corrected chi connectivity index (χ1v) is 14.4. The molecule has 0 spiro atoms. The van der Waals surface area contributed by atoms with Gasteiger partial charge in [0.05, 0.1) is 6.61 Å². The summed E-state index contributed by atoms with van der Waals surface area (Å²) < 4.78 is 6.44. The molecule has 0 aromatic heterocycles. The van der Waals surface area contributed by atoms with E-state index in [1.165, 1.54) is 77.0 Å². The maximum atomic E-state index is 12.6. The van der Waals surface area contributed by atoms with E-state index in [9.17, 15) is 4.79 Å². The number of rotatable bonds is 20. The third-order valence-corrected chi connectivity index (χ3v) is 7.70. The van der Waals surface area contributed by atoms with Crippen LogP contribution in [0.2, 0.25) is 0 Å². The molecule has 0 aliphatic carbocycles. The van der Waals surface area contributed by atoms with E-state index in [1.54, 1.807) is 0 Å². The largest absolute Gasteiger partial charge is 1.00 e. The average molecular weight is 503 g/mol. The molecule has 1 amide bonds. The Hall–Kier alpha value is -0.360. The van der Waals surface area contributed by atoms with E-state index in [-0.39, 0.29) is 30.1 Å². The summed E-state index contributed by atoms with van der Waals surface area (Å²) in [5.41, 5.74) is -0.341. The Labute approximate surface area is 217 Å². The quantitative estimate of drug-likeness (QED) is 0.156. The summed E-state index contributed by atoms with van der Waals surface area (Å²) in [5, 5.41) is 3.29. The van der Waals surface area contributed by atoms with Crippen molar-refractivity contribution >= 4 is 5.91 Å². The second kappa shape index (κ2) is 17.2. The maximum Gasteiger partial charge on any atom is 0.326 e. The van der Waals surface area contributed by atoms with Crippen LogP contribution in [0.25, 0.3) is 0 Å². The van der Waals surface area contributed by atoms with E-state index in [1.807, 2.05) is 0 Å². The predicted octanol–water partition coefficient (Wildman–Crippen LogP) is 3.90. The van der Waals surface area contributed by atoms with Crippen LogP contribution in [0.3, 0.4) is 0 Å². The molecule has 2 saturated heterocycles. The molecule has 3 unspecified atom stereocenters. The van der Waals surface area contributed by atoms with Crippen molar-refractivity contribution in [2.24, 2.45) is 5.92 Å². The van der Waals surface area contributed by atoms with Crippen molar-refractivity contribution in [2.45, 2.75) is 142 Å². The van der Waals surface area contributed by atoms with Crippen molar-refractivity contribution < 1.29 is 31.4 Å². The normalized spacial score (nSPS) is 24.4. The average Bonchev–Trinajstić information content (AvgIpc) is 3.47. The van der Waals surface area contributed by atoms with Gasteiger partial charge >= 0.3 is 5.72 Å². The van der Waals surface area contributed by atoms with Crippen LogP contribution in [0.5, 0.6) is 0 Å². The Morgan fingerprint density at radius 3 is 2.00 bits per heavy atom. The van der Waals surface area contributed by atoms with Crippen LogP contribution in [-0.4, -0.2) is 48.6 Å². The molecule has 34 heavy (non-hydrogen) atoms. The van der Waals surface area contributed by atoms with E-state index in [0.29, 0.717) is 17.7 Å². The van der Waals surface area contributed by atoms with Crippen LogP contribution in [0.15, 0.2) is 0 Å². The van der Waals surface area contributed by atoms with Gasteiger partial charge in [0.25, 0.3) is 0 Å². The van der Waals surface area contributed by atoms with Crippen LogP contribution >= 0.6 is 0 Å². The summed E-state index contributed by atoms with van der Waals surface area (Å²) in [6, 6.07) is 0.0482. The van der Waals surface area contributed by atoms with Crippen LogP contribution in [-0.2, 0) is 14.4 Å². The predicted molar refractivity (Wildman–Crippen MR) is 137 cm³/mol. The zero-order chi connectivity index (χ0) is 24.0. The van der Waals surface area contributed by atoms with E-state index < -0.39 is 0 Å². The van der Waals surface area contributed by atoms with Crippen molar-refractivity contribution in [3.05, 3.63) is 0 Å². The molecule has 202 valence electrons. The van der Waals surface area contributed by atoms with E-state index in [2.05, 4.69) is 33.0 Å². The first-order chi connectivity index (χ1) is 16.0. The lowest BCUT2D eigenvalue weighted by atomic mass is 10.0. The van der Waals surface area contributed by atoms with E-state index >= 15 is 0 Å². The molecule has 0 aromatic rings. The Kier molecular flexibility index (Phi) is 16.0. The molecule has 0 saturated carbocycles. The molecule has 3 atom stereocenters. The van der Waals surface area contributed by atoms with Gasteiger partial charge in [-0.3, -0.25) is 4.79 Å². The molecule has 0 aromatic carbocycles. The zero-order valence-electron chi connectivity index (χ0n) is 22.8. The Morgan fingerprint density at radius 2 is 1.47 bits per heavy atom. The fraction of sp³-hybridized carbons (Fsp3) is 0.964. The molecule has 5 nitrogen and oxygen atoms in total. The highest BCUT2D eigenvalue weighted by atomic mass is 35.5. The molecule has 1 N–H and O–H groups in total. The zero-order valence-corrected chi connectivity index (χ0v) is 23.6. The summed E-state index contributed by atoms with van der Waals surface area (Å²) in [7, 11) is 0. The van der Waals surface area contributed by atoms with Crippen molar-refractivity contribution in [3.8, 4) is 0 Å². The molecular formula is C28H55ClN2O3. The first-order valence-electron chi connectivity index (χ1n) is 14.4. The molecule has 6 heteroatoms. The van der Waals surface area contributed by atoms with Gasteiger partial charge in [-0.1, -0.05) is 105 Å². The van der Waals surface area contributed by atoms with Crippen molar-refractivity contribution in [3.63, 3.8) is 0 Å². The lowest BCUT2D eigenvalue weighted by Crippen LogP contribution is -3.00. The minimum Gasteiger partial charge on any atom is -1.00 e. The molecule has 2 rings (SSSR count).